The number of methoxy groups -OCH3 is 1. The number of benzene rings is 1. The monoisotopic (exact) mass is 193 g/mol. The maximum atomic E-state index is 7.83. The molecule has 2 N–H and O–H groups in total. The van der Waals surface area contributed by atoms with E-state index in [0.717, 1.165) is 5.56 Å². The van der Waals surface area contributed by atoms with E-state index in [0.29, 0.717) is 23.8 Å². The van der Waals surface area contributed by atoms with Gasteiger partial charge in [-0.25, -0.2) is 0 Å². The number of rotatable bonds is 5. The zero-order chi connectivity index (χ0) is 12.1. The molecule has 0 bridgehead atoms. The number of allylic oxidation sites excluding steroid dienone is 1. The van der Waals surface area contributed by atoms with Gasteiger partial charge in [0.05, 0.1) is 8.48 Å². The Morgan fingerprint density at radius 1 is 1.79 bits per heavy atom. The Morgan fingerprint density at radius 3 is 3.14 bits per heavy atom. The van der Waals surface area contributed by atoms with Gasteiger partial charge < -0.3 is 10.5 Å². The molecule has 2 heteroatoms. The van der Waals surface area contributed by atoms with E-state index in [2.05, 4.69) is 6.58 Å². The zero-order valence-electron chi connectivity index (χ0n) is 10.4. The lowest BCUT2D eigenvalue weighted by Gasteiger charge is -2.08. The normalized spacial score (nSPS) is 14.1. The molecule has 0 fully saturated rings. The van der Waals surface area contributed by atoms with Gasteiger partial charge in [0.2, 0.25) is 0 Å². The topological polar surface area (TPSA) is 35.2 Å². The molecule has 0 radical (unpaired) electrons. The van der Waals surface area contributed by atoms with Gasteiger partial charge in [0.15, 0.2) is 0 Å². The van der Waals surface area contributed by atoms with Crippen LogP contribution >= 0.6 is 0 Å². The van der Waals surface area contributed by atoms with Crippen LogP contribution in [-0.2, 0) is 12.8 Å². The molecule has 0 aliphatic heterocycles. The maximum Gasteiger partial charge on any atom is 0.122 e. The molecule has 0 saturated heterocycles. The minimum atomic E-state index is -0.570. The quantitative estimate of drug-likeness (QED) is 0.725. The molecular formula is C12H17NO. The predicted molar refractivity (Wildman–Crippen MR) is 59.7 cm³/mol. The lowest BCUT2D eigenvalue weighted by atomic mass is 10.1. The van der Waals surface area contributed by atoms with Gasteiger partial charge in [0.1, 0.15) is 5.75 Å². The Balaban J connectivity index is 3.19. The smallest absolute Gasteiger partial charge is 0.122 e. The predicted octanol–water partition coefficient (Wildman–Crippen LogP) is 1.92. The van der Waals surface area contributed by atoms with Gasteiger partial charge in [-0.15, -0.1) is 6.58 Å². The molecule has 0 saturated carbocycles. The van der Waals surface area contributed by atoms with Crippen molar-refractivity contribution in [3.05, 3.63) is 42.0 Å². The van der Waals surface area contributed by atoms with Crippen molar-refractivity contribution in [1.29, 1.82) is 0 Å². The van der Waals surface area contributed by atoms with E-state index in [9.17, 15) is 0 Å². The second kappa shape index (κ2) is 5.45. The average molecular weight is 193 g/mol. The van der Waals surface area contributed by atoms with Crippen molar-refractivity contribution >= 4 is 0 Å². The van der Waals surface area contributed by atoms with Crippen LogP contribution in [0.15, 0.2) is 30.8 Å². The fraction of sp³-hybridized carbons (Fsp3) is 0.333. The number of hydrogen-bond acceptors (Lipinski definition) is 2. The van der Waals surface area contributed by atoms with Crippen molar-refractivity contribution in [2.75, 3.05) is 13.7 Å². The van der Waals surface area contributed by atoms with Crippen LogP contribution < -0.4 is 10.5 Å². The lowest BCUT2D eigenvalue weighted by molar-refractivity contribution is 0.410. The van der Waals surface area contributed by atoms with E-state index in [1.54, 1.807) is 25.3 Å². The van der Waals surface area contributed by atoms with Crippen molar-refractivity contribution in [2.24, 2.45) is 5.73 Å². The summed E-state index contributed by atoms with van der Waals surface area (Å²) in [6.07, 6.45) is 1.85. The van der Waals surface area contributed by atoms with Crippen LogP contribution in [0, 0.1) is 0 Å². The Hall–Kier alpha value is -1.28. The summed E-state index contributed by atoms with van der Waals surface area (Å²) in [6, 6.07) is 3.78. The molecule has 0 amide bonds. The van der Waals surface area contributed by atoms with Gasteiger partial charge in [-0.3, -0.25) is 0 Å². The zero-order valence-corrected chi connectivity index (χ0v) is 8.42. The fourth-order valence-corrected chi connectivity index (χ4v) is 1.27. The molecule has 0 aromatic heterocycles. The summed E-state index contributed by atoms with van der Waals surface area (Å²) in [5, 5.41) is 0. The minimum absolute atomic E-state index is 0.204. The number of nitrogens with two attached hydrogens (primary N) is 1. The second-order valence-corrected chi connectivity index (χ2v) is 2.91. The van der Waals surface area contributed by atoms with Crippen LogP contribution in [0.3, 0.4) is 0 Å². The third-order valence-corrected chi connectivity index (χ3v) is 1.94. The standard InChI is InChI=1S/C12H17NO/c1-3-4-11-6-5-10(7-8-13)9-12(11)14-2/h3,5-6,9H,1,4,7-8,13H2,2H3/i5D,7D. The highest BCUT2D eigenvalue weighted by Crippen LogP contribution is 2.21. The molecular weight excluding hydrogens is 174 g/mol. The Labute approximate surface area is 88.2 Å². The first-order valence-electron chi connectivity index (χ1n) is 5.62. The van der Waals surface area contributed by atoms with Gasteiger partial charge in [0, 0.05) is 1.37 Å². The summed E-state index contributed by atoms with van der Waals surface area (Å²) in [5.41, 5.74) is 6.95. The molecule has 0 aliphatic rings. The van der Waals surface area contributed by atoms with Crippen LogP contribution in [0.4, 0.5) is 0 Å². The van der Waals surface area contributed by atoms with Gasteiger partial charge in [-0.1, -0.05) is 18.2 Å². The van der Waals surface area contributed by atoms with Crippen molar-refractivity contribution in [1.82, 2.24) is 0 Å². The lowest BCUT2D eigenvalue weighted by Crippen LogP contribution is -2.03. The highest BCUT2D eigenvalue weighted by atomic mass is 16.5. The maximum absolute atomic E-state index is 7.83. The summed E-state index contributed by atoms with van der Waals surface area (Å²) >= 11 is 0. The Morgan fingerprint density at radius 2 is 2.57 bits per heavy atom. The second-order valence-electron chi connectivity index (χ2n) is 2.91. The molecule has 1 aromatic rings. The Kier molecular flexibility index (Phi) is 3.14. The summed E-state index contributed by atoms with van der Waals surface area (Å²) in [7, 11) is 1.58. The minimum Gasteiger partial charge on any atom is -0.496 e. The van der Waals surface area contributed by atoms with Crippen molar-refractivity contribution in [2.45, 2.75) is 12.8 Å². The molecule has 76 valence electrons. The summed E-state index contributed by atoms with van der Waals surface area (Å²) in [5.74, 6) is 0.691. The molecule has 1 aromatic carbocycles. The third kappa shape index (κ3) is 2.60. The molecule has 2 nitrogen and oxygen atoms in total. The van der Waals surface area contributed by atoms with Crippen molar-refractivity contribution < 1.29 is 7.48 Å². The molecule has 1 rings (SSSR count). The molecule has 1 atom stereocenters. The van der Waals surface area contributed by atoms with Gasteiger partial charge in [0.25, 0.3) is 0 Å². The SMILES string of the molecule is [2H]c1cc(CC=C)c(OC)cc1C([2H])CN. The van der Waals surface area contributed by atoms with Crippen LogP contribution in [0.2, 0.25) is 0 Å². The van der Waals surface area contributed by atoms with E-state index >= 15 is 0 Å². The molecule has 0 spiro atoms. The van der Waals surface area contributed by atoms with Crippen LogP contribution in [-0.4, -0.2) is 13.7 Å². The van der Waals surface area contributed by atoms with Gasteiger partial charge in [-0.2, -0.15) is 0 Å². The summed E-state index contributed by atoms with van der Waals surface area (Å²) in [4.78, 5) is 0. The molecule has 0 aliphatic carbocycles. The van der Waals surface area contributed by atoms with Crippen LogP contribution in [0.5, 0.6) is 5.75 Å². The van der Waals surface area contributed by atoms with E-state index < -0.39 is 6.40 Å². The van der Waals surface area contributed by atoms with Gasteiger partial charge in [-0.05, 0) is 36.6 Å². The third-order valence-electron chi connectivity index (χ3n) is 1.94. The van der Waals surface area contributed by atoms with Crippen molar-refractivity contribution in [3.63, 3.8) is 0 Å². The van der Waals surface area contributed by atoms with E-state index in [4.69, 9.17) is 13.2 Å². The molecule has 0 heterocycles. The van der Waals surface area contributed by atoms with E-state index in [1.807, 2.05) is 0 Å². The fourth-order valence-electron chi connectivity index (χ4n) is 1.27. The van der Waals surface area contributed by atoms with Gasteiger partial charge >= 0.3 is 0 Å². The van der Waals surface area contributed by atoms with Crippen molar-refractivity contribution in [3.8, 4) is 5.75 Å². The first-order valence-corrected chi connectivity index (χ1v) is 4.54. The highest BCUT2D eigenvalue weighted by molar-refractivity contribution is 5.38. The Bertz CT molecular complexity index is 380. The first kappa shape index (κ1) is 8.06. The number of ether oxygens (including phenoxy) is 1. The average Bonchev–Trinajstić information content (AvgIpc) is 2.29. The van der Waals surface area contributed by atoms with Crippen LogP contribution in [0.25, 0.3) is 0 Å². The van der Waals surface area contributed by atoms with Crippen LogP contribution in [0.1, 0.15) is 13.9 Å². The van der Waals surface area contributed by atoms with E-state index in [-0.39, 0.29) is 6.54 Å². The summed E-state index contributed by atoms with van der Waals surface area (Å²) < 4.78 is 20.8. The first-order chi connectivity index (χ1) is 7.63. The summed E-state index contributed by atoms with van der Waals surface area (Å²) in [6.45, 7) is 3.87. The molecule has 14 heavy (non-hydrogen) atoms. The largest absolute Gasteiger partial charge is 0.496 e. The molecule has 1 unspecified atom stereocenters. The number of hydrogen-bond donors (Lipinski definition) is 1. The van der Waals surface area contributed by atoms with E-state index in [1.165, 1.54) is 0 Å². The highest BCUT2D eigenvalue weighted by Gasteiger charge is 2.02.